The number of H-pyrrole nitrogens is 1. The smallest absolute Gasteiger partial charge is 0.102 e. The fourth-order valence-corrected chi connectivity index (χ4v) is 2.93. The van der Waals surface area contributed by atoms with E-state index in [2.05, 4.69) is 59.9 Å². The van der Waals surface area contributed by atoms with Crippen LogP contribution in [0, 0.1) is 18.3 Å². The van der Waals surface area contributed by atoms with Crippen LogP contribution in [0.5, 0.6) is 0 Å². The molecule has 0 saturated heterocycles. The Kier molecular flexibility index (Phi) is 3.58. The lowest BCUT2D eigenvalue weighted by Gasteiger charge is -2.04. The Labute approximate surface area is 116 Å². The summed E-state index contributed by atoms with van der Waals surface area (Å²) in [5.41, 5.74) is 4.94. The Morgan fingerprint density at radius 3 is 2.33 bits per heavy atom. The molecule has 0 saturated carbocycles. The lowest BCUT2D eigenvalue weighted by Crippen LogP contribution is -1.90. The van der Waals surface area contributed by atoms with Crippen molar-refractivity contribution in [1.29, 1.82) is 5.26 Å². The molecule has 92 valence electrons. The van der Waals surface area contributed by atoms with Crippen molar-refractivity contribution in [2.45, 2.75) is 26.7 Å². The first-order valence-electron chi connectivity index (χ1n) is 5.93. The van der Waals surface area contributed by atoms with Crippen molar-refractivity contribution in [1.82, 2.24) is 4.98 Å². The Hall–Kier alpha value is -1.53. The first-order valence-corrected chi connectivity index (χ1v) is 6.72. The number of benzene rings is 1. The van der Waals surface area contributed by atoms with Crippen molar-refractivity contribution in [3.8, 4) is 17.3 Å². The highest BCUT2D eigenvalue weighted by Gasteiger charge is 2.19. The van der Waals surface area contributed by atoms with Crippen LogP contribution in [0.15, 0.2) is 28.9 Å². The number of nitriles is 1. The van der Waals surface area contributed by atoms with E-state index in [-0.39, 0.29) is 0 Å². The van der Waals surface area contributed by atoms with Gasteiger partial charge in [-0.15, -0.1) is 0 Å². The second-order valence-electron chi connectivity index (χ2n) is 4.74. The maximum atomic E-state index is 9.39. The first-order chi connectivity index (χ1) is 8.54. The number of hydrogen-bond donors (Lipinski definition) is 1. The van der Waals surface area contributed by atoms with Gasteiger partial charge in [-0.25, -0.2) is 0 Å². The van der Waals surface area contributed by atoms with E-state index < -0.39 is 0 Å². The minimum absolute atomic E-state index is 0.310. The molecule has 2 aromatic rings. The molecule has 0 aliphatic rings. The van der Waals surface area contributed by atoms with Gasteiger partial charge in [0.15, 0.2) is 0 Å². The molecule has 2 nitrogen and oxygen atoms in total. The first kappa shape index (κ1) is 12.9. The van der Waals surface area contributed by atoms with E-state index in [4.69, 9.17) is 0 Å². The summed E-state index contributed by atoms with van der Waals surface area (Å²) in [7, 11) is 0. The normalized spacial score (nSPS) is 10.7. The van der Waals surface area contributed by atoms with Crippen LogP contribution in [0.3, 0.4) is 0 Å². The summed E-state index contributed by atoms with van der Waals surface area (Å²) >= 11 is 3.51. The molecular formula is C15H15BrN2. The number of aromatic nitrogens is 1. The summed E-state index contributed by atoms with van der Waals surface area (Å²) in [4.78, 5) is 3.28. The van der Waals surface area contributed by atoms with Gasteiger partial charge in [-0.2, -0.15) is 5.26 Å². The minimum atomic E-state index is 0.310. The van der Waals surface area contributed by atoms with Crippen molar-refractivity contribution in [2.75, 3.05) is 0 Å². The monoisotopic (exact) mass is 302 g/mol. The maximum absolute atomic E-state index is 9.39. The quantitative estimate of drug-likeness (QED) is 0.854. The summed E-state index contributed by atoms with van der Waals surface area (Å²) in [5, 5.41) is 9.39. The molecule has 0 fully saturated rings. The van der Waals surface area contributed by atoms with Crippen LogP contribution in [0.4, 0.5) is 0 Å². The molecular weight excluding hydrogens is 288 g/mol. The van der Waals surface area contributed by atoms with Crippen LogP contribution in [0.25, 0.3) is 11.3 Å². The third-order valence-corrected chi connectivity index (χ3v) is 3.65. The summed E-state index contributed by atoms with van der Waals surface area (Å²) in [6, 6.07) is 10.5. The number of aromatic amines is 1. The van der Waals surface area contributed by atoms with Gasteiger partial charge in [-0.3, -0.25) is 0 Å². The zero-order valence-corrected chi connectivity index (χ0v) is 12.3. The highest BCUT2D eigenvalue weighted by atomic mass is 79.9. The third kappa shape index (κ3) is 2.21. The number of halogens is 1. The molecule has 18 heavy (non-hydrogen) atoms. The molecule has 0 atom stereocenters. The van der Waals surface area contributed by atoms with Crippen LogP contribution in [-0.4, -0.2) is 4.98 Å². The second-order valence-corrected chi connectivity index (χ2v) is 5.53. The van der Waals surface area contributed by atoms with E-state index in [0.29, 0.717) is 5.92 Å². The number of nitrogens with zero attached hydrogens (tertiary/aromatic N) is 1. The lowest BCUT2D eigenvalue weighted by molar-refractivity contribution is 0.859. The van der Waals surface area contributed by atoms with Crippen molar-refractivity contribution < 1.29 is 0 Å². The van der Waals surface area contributed by atoms with Gasteiger partial charge in [0.2, 0.25) is 0 Å². The largest absolute Gasteiger partial charge is 0.348 e. The van der Waals surface area contributed by atoms with Gasteiger partial charge in [0.1, 0.15) is 6.07 Å². The highest BCUT2D eigenvalue weighted by molar-refractivity contribution is 9.10. The van der Waals surface area contributed by atoms with E-state index in [9.17, 15) is 5.26 Å². The van der Waals surface area contributed by atoms with Crippen LogP contribution in [-0.2, 0) is 0 Å². The average molecular weight is 303 g/mol. The van der Waals surface area contributed by atoms with Crippen molar-refractivity contribution in [3.05, 3.63) is 45.6 Å². The summed E-state index contributed by atoms with van der Waals surface area (Å²) in [6.07, 6.45) is 0. The number of aryl methyl sites for hydroxylation is 1. The lowest BCUT2D eigenvalue weighted by atomic mass is 9.98. The Balaban J connectivity index is 2.62. The summed E-state index contributed by atoms with van der Waals surface area (Å²) < 4.78 is 0.907. The van der Waals surface area contributed by atoms with Gasteiger partial charge in [-0.1, -0.05) is 43.7 Å². The molecule has 0 spiro atoms. The van der Waals surface area contributed by atoms with Crippen LogP contribution in [0.2, 0.25) is 0 Å². The molecule has 0 aliphatic heterocycles. The molecule has 0 radical (unpaired) electrons. The van der Waals surface area contributed by atoms with E-state index >= 15 is 0 Å². The fraction of sp³-hybridized carbons (Fsp3) is 0.267. The fourth-order valence-electron chi connectivity index (χ4n) is 2.08. The summed E-state index contributed by atoms with van der Waals surface area (Å²) in [6.45, 7) is 6.24. The minimum Gasteiger partial charge on any atom is -0.348 e. The molecule has 1 aromatic carbocycles. The molecule has 1 N–H and O–H groups in total. The third-order valence-electron chi connectivity index (χ3n) is 3.02. The SMILES string of the molecule is Cc1ccc(-c2[nH]c(Br)c(C(C)C)c2C#N)cc1. The Bertz CT molecular complexity index is 601. The van der Waals surface area contributed by atoms with Crippen LogP contribution >= 0.6 is 15.9 Å². The molecule has 0 amide bonds. The van der Waals surface area contributed by atoms with E-state index in [0.717, 1.165) is 27.0 Å². The standard InChI is InChI=1S/C15H15BrN2/c1-9(2)13-12(8-17)14(18-15(13)16)11-6-4-10(3)5-7-11/h4-7,9,18H,1-3H3. The summed E-state index contributed by atoms with van der Waals surface area (Å²) in [5.74, 6) is 0.310. The Morgan fingerprint density at radius 2 is 1.83 bits per heavy atom. The molecule has 1 heterocycles. The molecule has 0 aliphatic carbocycles. The predicted molar refractivity (Wildman–Crippen MR) is 77.5 cm³/mol. The predicted octanol–water partition coefficient (Wildman–Crippen LogP) is 4.75. The van der Waals surface area contributed by atoms with Gasteiger partial charge >= 0.3 is 0 Å². The maximum Gasteiger partial charge on any atom is 0.102 e. The van der Waals surface area contributed by atoms with Crippen LogP contribution in [0.1, 0.15) is 36.5 Å². The van der Waals surface area contributed by atoms with Gasteiger partial charge in [0, 0.05) is 5.56 Å². The highest BCUT2D eigenvalue weighted by Crippen LogP contribution is 2.35. The average Bonchev–Trinajstić information content (AvgIpc) is 2.67. The zero-order valence-electron chi connectivity index (χ0n) is 10.7. The van der Waals surface area contributed by atoms with Crippen molar-refractivity contribution >= 4 is 15.9 Å². The van der Waals surface area contributed by atoms with Crippen molar-refractivity contribution in [3.63, 3.8) is 0 Å². The van der Waals surface area contributed by atoms with Crippen LogP contribution < -0.4 is 0 Å². The van der Waals surface area contributed by atoms with E-state index in [1.165, 1.54) is 5.56 Å². The van der Waals surface area contributed by atoms with E-state index in [1.807, 2.05) is 12.1 Å². The van der Waals surface area contributed by atoms with E-state index in [1.54, 1.807) is 0 Å². The second kappa shape index (κ2) is 4.99. The van der Waals surface area contributed by atoms with Gasteiger partial charge in [0.25, 0.3) is 0 Å². The number of nitrogens with one attached hydrogen (secondary N) is 1. The Morgan fingerprint density at radius 1 is 1.22 bits per heavy atom. The molecule has 3 heteroatoms. The van der Waals surface area contributed by atoms with Gasteiger partial charge < -0.3 is 4.98 Å². The zero-order chi connectivity index (χ0) is 13.3. The molecule has 1 aromatic heterocycles. The number of rotatable bonds is 2. The molecule has 0 unspecified atom stereocenters. The van der Waals surface area contributed by atoms with Crippen molar-refractivity contribution in [2.24, 2.45) is 0 Å². The number of hydrogen-bond acceptors (Lipinski definition) is 1. The van der Waals surface area contributed by atoms with Gasteiger partial charge in [0.05, 0.1) is 15.9 Å². The molecule has 2 rings (SSSR count). The van der Waals surface area contributed by atoms with Gasteiger partial charge in [-0.05, 0) is 34.3 Å². The topological polar surface area (TPSA) is 39.6 Å². The molecule has 0 bridgehead atoms.